The van der Waals surface area contributed by atoms with Crippen LogP contribution in [0.25, 0.3) is 65.3 Å². The number of fused-ring (bicyclic) bond motifs is 7. The van der Waals surface area contributed by atoms with Crippen molar-refractivity contribution >= 4 is 54.1 Å². The third kappa shape index (κ3) is 2.32. The van der Waals surface area contributed by atoms with E-state index in [-0.39, 0.29) is 0 Å². The molecule has 1 N–H and O–H groups in total. The molecule has 0 saturated carbocycles. The van der Waals surface area contributed by atoms with Gasteiger partial charge in [-0.25, -0.2) is 0 Å². The number of hydrogen-bond donors (Lipinski definition) is 1. The second-order valence-electron chi connectivity index (χ2n) is 8.25. The van der Waals surface area contributed by atoms with E-state index in [1.54, 1.807) is 0 Å². The van der Waals surface area contributed by atoms with E-state index in [1.807, 2.05) is 0 Å². The number of aromatic amines is 1. The second kappa shape index (κ2) is 6.20. The largest absolute Gasteiger partial charge is 0.354 e. The van der Waals surface area contributed by atoms with Gasteiger partial charge >= 0.3 is 0 Å². The van der Waals surface area contributed by atoms with Crippen molar-refractivity contribution in [1.29, 1.82) is 0 Å². The molecule has 0 spiro atoms. The fourth-order valence-corrected chi connectivity index (χ4v) is 5.18. The number of hydrogen-bond acceptors (Lipinski definition) is 0. The standard InChI is InChI=1S/C30H19N/c1-3-11-21-19(8-1)10-7-14-24(21)29-25-17-16-20-9-2-4-12-22(20)26(25)18-27-23-13-5-6-15-28(23)31-30(27)29/h1-18,31H. The first-order chi connectivity index (χ1) is 15.4. The zero-order valence-corrected chi connectivity index (χ0v) is 16.9. The predicted molar refractivity (Wildman–Crippen MR) is 134 cm³/mol. The van der Waals surface area contributed by atoms with Crippen molar-refractivity contribution in [3.8, 4) is 11.1 Å². The molecule has 1 heterocycles. The summed E-state index contributed by atoms with van der Waals surface area (Å²) in [5.41, 5.74) is 4.95. The maximum atomic E-state index is 3.75. The maximum absolute atomic E-state index is 3.75. The number of rotatable bonds is 1. The Balaban J connectivity index is 1.78. The van der Waals surface area contributed by atoms with Crippen LogP contribution >= 0.6 is 0 Å². The summed E-state index contributed by atoms with van der Waals surface area (Å²) < 4.78 is 0. The Morgan fingerprint density at radius 2 is 1.10 bits per heavy atom. The zero-order chi connectivity index (χ0) is 20.4. The minimum atomic E-state index is 1.18. The van der Waals surface area contributed by atoms with Crippen LogP contribution in [0, 0.1) is 0 Å². The molecular formula is C30H19N. The molecule has 0 saturated heterocycles. The molecule has 31 heavy (non-hydrogen) atoms. The van der Waals surface area contributed by atoms with Gasteiger partial charge in [0.1, 0.15) is 0 Å². The number of aromatic nitrogens is 1. The van der Waals surface area contributed by atoms with Crippen LogP contribution in [0.3, 0.4) is 0 Å². The van der Waals surface area contributed by atoms with Gasteiger partial charge in [-0.05, 0) is 50.0 Å². The molecule has 6 aromatic carbocycles. The Morgan fingerprint density at radius 1 is 0.419 bits per heavy atom. The Bertz CT molecular complexity index is 1780. The molecule has 1 nitrogen and oxygen atoms in total. The molecule has 0 unspecified atom stereocenters. The molecule has 0 bridgehead atoms. The van der Waals surface area contributed by atoms with E-state index >= 15 is 0 Å². The molecule has 0 radical (unpaired) electrons. The monoisotopic (exact) mass is 393 g/mol. The lowest BCUT2D eigenvalue weighted by molar-refractivity contribution is 1.55. The summed E-state index contributed by atoms with van der Waals surface area (Å²) in [4.78, 5) is 3.75. The first kappa shape index (κ1) is 16.7. The van der Waals surface area contributed by atoms with Crippen LogP contribution in [0.1, 0.15) is 0 Å². The maximum Gasteiger partial charge on any atom is 0.0551 e. The topological polar surface area (TPSA) is 15.8 Å². The molecule has 0 aliphatic carbocycles. The van der Waals surface area contributed by atoms with Gasteiger partial charge in [0.2, 0.25) is 0 Å². The summed E-state index contributed by atoms with van der Waals surface area (Å²) in [5, 5.41) is 10.3. The minimum absolute atomic E-state index is 1.18. The molecule has 1 heteroatoms. The Hall–Kier alpha value is -4.10. The molecule has 0 atom stereocenters. The van der Waals surface area contributed by atoms with Gasteiger partial charge in [-0.3, -0.25) is 0 Å². The highest BCUT2D eigenvalue weighted by atomic mass is 14.7. The van der Waals surface area contributed by atoms with E-state index in [1.165, 1.54) is 65.3 Å². The predicted octanol–water partition coefficient (Wildman–Crippen LogP) is 8.45. The first-order valence-corrected chi connectivity index (χ1v) is 10.7. The first-order valence-electron chi connectivity index (χ1n) is 10.7. The van der Waals surface area contributed by atoms with Crippen LogP contribution in [0.15, 0.2) is 109 Å². The molecule has 7 aromatic rings. The Labute approximate surface area is 179 Å². The van der Waals surface area contributed by atoms with Gasteiger partial charge in [-0.15, -0.1) is 0 Å². The summed E-state index contributed by atoms with van der Waals surface area (Å²) in [6.45, 7) is 0. The lowest BCUT2D eigenvalue weighted by Crippen LogP contribution is -1.88. The second-order valence-corrected chi connectivity index (χ2v) is 8.25. The fourth-order valence-electron chi connectivity index (χ4n) is 5.18. The van der Waals surface area contributed by atoms with E-state index in [9.17, 15) is 0 Å². The van der Waals surface area contributed by atoms with Crippen molar-refractivity contribution in [1.82, 2.24) is 4.98 Å². The summed E-state index contributed by atoms with van der Waals surface area (Å²) in [7, 11) is 0. The summed E-state index contributed by atoms with van der Waals surface area (Å²) in [6, 6.07) is 39.5. The van der Waals surface area contributed by atoms with Crippen LogP contribution < -0.4 is 0 Å². The van der Waals surface area contributed by atoms with Crippen molar-refractivity contribution in [2.75, 3.05) is 0 Å². The Kier molecular flexibility index (Phi) is 3.33. The smallest absolute Gasteiger partial charge is 0.0551 e. The molecule has 0 aliphatic heterocycles. The quantitative estimate of drug-likeness (QED) is 0.269. The van der Waals surface area contributed by atoms with E-state index < -0.39 is 0 Å². The lowest BCUT2D eigenvalue weighted by atomic mass is 9.90. The van der Waals surface area contributed by atoms with Gasteiger partial charge in [-0.2, -0.15) is 0 Å². The van der Waals surface area contributed by atoms with Gasteiger partial charge in [-0.1, -0.05) is 97.1 Å². The third-order valence-electron chi connectivity index (χ3n) is 6.58. The minimum Gasteiger partial charge on any atom is -0.354 e. The van der Waals surface area contributed by atoms with Crippen LogP contribution in [-0.4, -0.2) is 4.98 Å². The number of benzene rings is 6. The average Bonchev–Trinajstić information content (AvgIpc) is 3.20. The van der Waals surface area contributed by atoms with Crippen LogP contribution in [0.5, 0.6) is 0 Å². The molecule has 144 valence electrons. The van der Waals surface area contributed by atoms with Crippen LogP contribution in [0.4, 0.5) is 0 Å². The summed E-state index contributed by atoms with van der Waals surface area (Å²) >= 11 is 0. The molecule has 7 rings (SSSR count). The summed E-state index contributed by atoms with van der Waals surface area (Å²) in [5.74, 6) is 0. The summed E-state index contributed by atoms with van der Waals surface area (Å²) in [6.07, 6.45) is 0. The van der Waals surface area contributed by atoms with Crippen molar-refractivity contribution in [3.05, 3.63) is 109 Å². The lowest BCUT2D eigenvalue weighted by Gasteiger charge is -2.14. The van der Waals surface area contributed by atoms with E-state index in [0.29, 0.717) is 0 Å². The average molecular weight is 393 g/mol. The van der Waals surface area contributed by atoms with Crippen molar-refractivity contribution in [2.24, 2.45) is 0 Å². The van der Waals surface area contributed by atoms with Gasteiger partial charge in [0, 0.05) is 21.9 Å². The van der Waals surface area contributed by atoms with E-state index in [0.717, 1.165) is 0 Å². The SMILES string of the molecule is c1ccc2c(-c3c4ccc5ccccc5c4cc4c3[nH]c3ccccc34)cccc2c1. The molecular weight excluding hydrogens is 374 g/mol. The molecule has 0 fully saturated rings. The van der Waals surface area contributed by atoms with Gasteiger partial charge < -0.3 is 4.98 Å². The number of nitrogens with one attached hydrogen (secondary N) is 1. The normalized spacial score (nSPS) is 11.9. The molecule has 1 aromatic heterocycles. The van der Waals surface area contributed by atoms with Gasteiger partial charge in [0.05, 0.1) is 5.52 Å². The van der Waals surface area contributed by atoms with Crippen molar-refractivity contribution in [3.63, 3.8) is 0 Å². The van der Waals surface area contributed by atoms with Crippen LogP contribution in [0.2, 0.25) is 0 Å². The third-order valence-corrected chi connectivity index (χ3v) is 6.58. The highest BCUT2D eigenvalue weighted by molar-refractivity contribution is 6.25. The van der Waals surface area contributed by atoms with E-state index in [2.05, 4.69) is 114 Å². The van der Waals surface area contributed by atoms with Crippen molar-refractivity contribution < 1.29 is 0 Å². The highest BCUT2D eigenvalue weighted by Crippen LogP contribution is 2.43. The zero-order valence-electron chi connectivity index (χ0n) is 16.9. The van der Waals surface area contributed by atoms with Crippen LogP contribution in [-0.2, 0) is 0 Å². The van der Waals surface area contributed by atoms with Gasteiger partial charge in [0.15, 0.2) is 0 Å². The Morgan fingerprint density at radius 3 is 1.97 bits per heavy atom. The molecule has 0 amide bonds. The van der Waals surface area contributed by atoms with E-state index in [4.69, 9.17) is 0 Å². The number of H-pyrrole nitrogens is 1. The van der Waals surface area contributed by atoms with Crippen molar-refractivity contribution in [2.45, 2.75) is 0 Å². The highest BCUT2D eigenvalue weighted by Gasteiger charge is 2.17. The van der Waals surface area contributed by atoms with Gasteiger partial charge in [0.25, 0.3) is 0 Å². The number of para-hydroxylation sites is 1. The fraction of sp³-hybridized carbons (Fsp3) is 0. The molecule has 0 aliphatic rings.